The fourth-order valence-electron chi connectivity index (χ4n) is 1.96. The third kappa shape index (κ3) is 5.57. The molecule has 0 spiro atoms. The van der Waals surface area contributed by atoms with Crippen molar-refractivity contribution in [1.82, 2.24) is 0 Å². The summed E-state index contributed by atoms with van der Waals surface area (Å²) in [5, 5.41) is 0. The van der Waals surface area contributed by atoms with Crippen LogP contribution in [0.4, 0.5) is 0 Å². The maximum atomic E-state index is 4.06. The van der Waals surface area contributed by atoms with Gasteiger partial charge < -0.3 is 0 Å². The number of benzene rings is 1. The summed E-state index contributed by atoms with van der Waals surface area (Å²) in [5.41, 5.74) is 6.24. The van der Waals surface area contributed by atoms with Crippen molar-refractivity contribution in [2.45, 2.75) is 27.7 Å². The van der Waals surface area contributed by atoms with E-state index in [4.69, 9.17) is 0 Å². The maximum Gasteiger partial charge on any atom is -0.0121 e. The maximum absolute atomic E-state index is 4.06. The third-order valence-corrected chi connectivity index (χ3v) is 3.14. The summed E-state index contributed by atoms with van der Waals surface area (Å²) in [6, 6.07) is 10.3. The van der Waals surface area contributed by atoms with Gasteiger partial charge in [0.1, 0.15) is 0 Å². The van der Waals surface area contributed by atoms with Crippen molar-refractivity contribution in [3.63, 3.8) is 0 Å². The predicted molar refractivity (Wildman–Crippen MR) is 103 cm³/mol. The highest BCUT2D eigenvalue weighted by Crippen LogP contribution is 2.25. The van der Waals surface area contributed by atoms with Crippen molar-refractivity contribution in [3.8, 4) is 0 Å². The standard InChI is InChI=1S/C20H22.C2H6/c1-7-16(5)19(8-2)20(15(3)4)14-17(6)18-12-10-9-11-13-18;1-2/h7-14H,1-3,5H2,4,6H3;1-2H3/b17-14+,20-19+;. The lowest BCUT2D eigenvalue weighted by Crippen LogP contribution is -1.92. The van der Waals surface area contributed by atoms with Crippen molar-refractivity contribution < 1.29 is 0 Å². The molecule has 0 radical (unpaired) electrons. The van der Waals surface area contributed by atoms with Crippen LogP contribution < -0.4 is 0 Å². The molecule has 0 aliphatic carbocycles. The van der Waals surface area contributed by atoms with Crippen LogP contribution in [0.1, 0.15) is 33.3 Å². The van der Waals surface area contributed by atoms with E-state index in [9.17, 15) is 0 Å². The highest BCUT2D eigenvalue weighted by molar-refractivity contribution is 5.70. The van der Waals surface area contributed by atoms with E-state index in [1.54, 1.807) is 6.08 Å². The molecule has 0 heterocycles. The Balaban J connectivity index is 0.00000211. The van der Waals surface area contributed by atoms with E-state index < -0.39 is 0 Å². The van der Waals surface area contributed by atoms with Gasteiger partial charge in [0.2, 0.25) is 0 Å². The Hall–Kier alpha value is -2.34. The lowest BCUT2D eigenvalue weighted by molar-refractivity contribution is 1.38. The summed E-state index contributed by atoms with van der Waals surface area (Å²) in [5.74, 6) is 0. The molecule has 0 aromatic heterocycles. The number of rotatable bonds is 6. The summed E-state index contributed by atoms with van der Waals surface area (Å²) < 4.78 is 0. The van der Waals surface area contributed by atoms with E-state index in [1.165, 1.54) is 11.1 Å². The molecule has 1 rings (SSSR count). The molecule has 0 fully saturated rings. The summed E-state index contributed by atoms with van der Waals surface area (Å²) >= 11 is 0. The topological polar surface area (TPSA) is 0 Å². The van der Waals surface area contributed by atoms with Gasteiger partial charge in [0.15, 0.2) is 0 Å². The zero-order valence-corrected chi connectivity index (χ0v) is 14.4. The highest BCUT2D eigenvalue weighted by Gasteiger charge is 2.06. The summed E-state index contributed by atoms with van der Waals surface area (Å²) in [7, 11) is 0. The Morgan fingerprint density at radius 1 is 0.864 bits per heavy atom. The average Bonchev–Trinajstić information content (AvgIpc) is 2.56. The van der Waals surface area contributed by atoms with Gasteiger partial charge in [0.05, 0.1) is 0 Å². The molecule has 0 saturated heterocycles. The van der Waals surface area contributed by atoms with Gasteiger partial charge in [0.25, 0.3) is 0 Å². The van der Waals surface area contributed by atoms with Crippen LogP contribution in [-0.4, -0.2) is 0 Å². The molecule has 0 atom stereocenters. The smallest absolute Gasteiger partial charge is 0.0121 e. The van der Waals surface area contributed by atoms with Gasteiger partial charge in [0, 0.05) is 0 Å². The largest absolute Gasteiger partial charge is 0.0985 e. The first-order chi connectivity index (χ1) is 10.5. The quantitative estimate of drug-likeness (QED) is 0.499. The van der Waals surface area contributed by atoms with Crippen LogP contribution in [-0.2, 0) is 0 Å². The minimum absolute atomic E-state index is 0.857. The molecule has 116 valence electrons. The van der Waals surface area contributed by atoms with Crippen LogP contribution in [0.15, 0.2) is 97.2 Å². The van der Waals surface area contributed by atoms with Crippen molar-refractivity contribution >= 4 is 5.57 Å². The van der Waals surface area contributed by atoms with Gasteiger partial charge in [-0.2, -0.15) is 0 Å². The van der Waals surface area contributed by atoms with Gasteiger partial charge in [-0.05, 0) is 41.7 Å². The zero-order valence-electron chi connectivity index (χ0n) is 14.4. The predicted octanol–water partition coefficient (Wildman–Crippen LogP) is 6.92. The monoisotopic (exact) mass is 292 g/mol. The molecule has 1 aromatic rings. The van der Waals surface area contributed by atoms with Gasteiger partial charge in [-0.15, -0.1) is 0 Å². The lowest BCUT2D eigenvalue weighted by atomic mass is 9.93. The lowest BCUT2D eigenvalue weighted by Gasteiger charge is -2.11. The Kier molecular flexibility index (Phi) is 9.29. The summed E-state index contributed by atoms with van der Waals surface area (Å²) in [6.07, 6.45) is 5.68. The van der Waals surface area contributed by atoms with E-state index >= 15 is 0 Å². The third-order valence-electron chi connectivity index (χ3n) is 3.14. The van der Waals surface area contributed by atoms with Crippen molar-refractivity contribution in [3.05, 3.63) is 103 Å². The molecule has 0 heteroatoms. The van der Waals surface area contributed by atoms with Gasteiger partial charge in [-0.25, -0.2) is 0 Å². The average molecular weight is 292 g/mol. The molecule has 0 aliphatic rings. The molecule has 22 heavy (non-hydrogen) atoms. The first-order valence-corrected chi connectivity index (χ1v) is 7.59. The fourth-order valence-corrected chi connectivity index (χ4v) is 1.96. The highest BCUT2D eigenvalue weighted by atomic mass is 14.1. The Morgan fingerprint density at radius 2 is 1.41 bits per heavy atom. The molecule has 0 N–H and O–H groups in total. The van der Waals surface area contributed by atoms with Gasteiger partial charge in [-0.1, -0.05) is 94.3 Å². The summed E-state index contributed by atoms with van der Waals surface area (Å²) in [4.78, 5) is 0. The van der Waals surface area contributed by atoms with Crippen LogP contribution in [0.3, 0.4) is 0 Å². The first kappa shape index (κ1) is 19.7. The second-order valence-corrected chi connectivity index (χ2v) is 4.73. The minimum Gasteiger partial charge on any atom is -0.0985 e. The second kappa shape index (κ2) is 10.4. The molecular formula is C22H28. The summed E-state index contributed by atoms with van der Waals surface area (Å²) in [6.45, 7) is 23.8. The second-order valence-electron chi connectivity index (χ2n) is 4.73. The van der Waals surface area contributed by atoms with Crippen LogP contribution in [0, 0.1) is 0 Å². The van der Waals surface area contributed by atoms with Crippen LogP contribution >= 0.6 is 0 Å². The Bertz CT molecular complexity index is 592. The minimum atomic E-state index is 0.857. The Labute approximate surface area is 136 Å². The molecule has 0 nitrogen and oxygen atoms in total. The number of hydrogen-bond acceptors (Lipinski definition) is 0. The van der Waals surface area contributed by atoms with Gasteiger partial charge >= 0.3 is 0 Å². The molecule has 0 aliphatic heterocycles. The normalized spacial score (nSPS) is 11.5. The first-order valence-electron chi connectivity index (χ1n) is 7.59. The molecule has 0 unspecified atom stereocenters. The molecule has 0 bridgehead atoms. The van der Waals surface area contributed by atoms with E-state index in [1.807, 2.05) is 45.0 Å². The number of hydrogen-bond donors (Lipinski definition) is 0. The van der Waals surface area contributed by atoms with Gasteiger partial charge in [-0.3, -0.25) is 0 Å². The molecule has 0 amide bonds. The van der Waals surface area contributed by atoms with Crippen molar-refractivity contribution in [2.24, 2.45) is 0 Å². The van der Waals surface area contributed by atoms with Crippen molar-refractivity contribution in [1.29, 1.82) is 0 Å². The van der Waals surface area contributed by atoms with E-state index in [0.717, 1.165) is 22.3 Å². The van der Waals surface area contributed by atoms with Crippen LogP contribution in [0.2, 0.25) is 0 Å². The van der Waals surface area contributed by atoms with E-state index in [2.05, 4.69) is 51.4 Å². The SMILES string of the molecule is C=CC(=C)/C(C=C)=C(\C=C(/C)c1ccccc1)C(=C)C.CC. The van der Waals surface area contributed by atoms with E-state index in [0.29, 0.717) is 0 Å². The van der Waals surface area contributed by atoms with Crippen molar-refractivity contribution in [2.75, 3.05) is 0 Å². The Morgan fingerprint density at radius 3 is 1.82 bits per heavy atom. The molecule has 1 aromatic carbocycles. The van der Waals surface area contributed by atoms with E-state index in [-0.39, 0.29) is 0 Å². The fraction of sp³-hybridized carbons (Fsp3) is 0.182. The van der Waals surface area contributed by atoms with Crippen LogP contribution in [0.25, 0.3) is 5.57 Å². The molecular weight excluding hydrogens is 264 g/mol. The number of allylic oxidation sites excluding steroid dienone is 8. The molecule has 0 saturated carbocycles. The van der Waals surface area contributed by atoms with Crippen LogP contribution in [0.5, 0.6) is 0 Å². The zero-order chi connectivity index (χ0) is 17.1.